The van der Waals surface area contributed by atoms with Crippen LogP contribution in [-0.4, -0.2) is 46.3 Å². The molecule has 0 fully saturated rings. The number of ether oxygens (including phenoxy) is 2. The maximum Gasteiger partial charge on any atom is 0.166 e. The zero-order valence-electron chi connectivity index (χ0n) is 14.3. The van der Waals surface area contributed by atoms with Gasteiger partial charge in [0.25, 0.3) is 0 Å². The van der Waals surface area contributed by atoms with Crippen molar-refractivity contribution in [1.82, 2.24) is 14.9 Å². The fourth-order valence-corrected chi connectivity index (χ4v) is 2.68. The van der Waals surface area contributed by atoms with Crippen LogP contribution in [0.5, 0.6) is 11.5 Å². The summed E-state index contributed by atoms with van der Waals surface area (Å²) in [6, 6.07) is 3.61. The molecule has 1 aromatic carbocycles. The van der Waals surface area contributed by atoms with E-state index in [4.69, 9.17) is 21.1 Å². The van der Waals surface area contributed by atoms with Gasteiger partial charge in [0.15, 0.2) is 11.5 Å². The van der Waals surface area contributed by atoms with Gasteiger partial charge in [-0.1, -0.05) is 11.6 Å². The number of aromatic amines is 1. The zero-order valence-corrected chi connectivity index (χ0v) is 15.0. The summed E-state index contributed by atoms with van der Waals surface area (Å²) in [5.41, 5.74) is 0.910. The number of benzene rings is 1. The molecule has 0 bridgehead atoms. The molecule has 7 heteroatoms. The van der Waals surface area contributed by atoms with Gasteiger partial charge in [0, 0.05) is 42.1 Å². The molecule has 0 unspecified atom stereocenters. The number of methoxy groups -OCH3 is 1. The molecule has 1 heterocycles. The van der Waals surface area contributed by atoms with Crippen molar-refractivity contribution in [2.45, 2.75) is 33.0 Å². The molecule has 0 aliphatic heterocycles. The van der Waals surface area contributed by atoms with Crippen LogP contribution in [0.4, 0.5) is 0 Å². The summed E-state index contributed by atoms with van der Waals surface area (Å²) in [6.45, 7) is 5.64. The van der Waals surface area contributed by atoms with Crippen LogP contribution in [0.15, 0.2) is 24.5 Å². The van der Waals surface area contributed by atoms with E-state index in [1.165, 1.54) is 0 Å². The van der Waals surface area contributed by atoms with Gasteiger partial charge in [0.05, 0.1) is 26.4 Å². The van der Waals surface area contributed by atoms with E-state index in [1.807, 2.05) is 19.9 Å². The van der Waals surface area contributed by atoms with Crippen molar-refractivity contribution in [1.29, 1.82) is 0 Å². The molecule has 0 spiro atoms. The number of aliphatic hydroxyl groups excluding tert-OH is 1. The lowest BCUT2D eigenvalue weighted by Gasteiger charge is -2.24. The third-order valence-corrected chi connectivity index (χ3v) is 3.63. The first-order valence-electron chi connectivity index (χ1n) is 7.88. The van der Waals surface area contributed by atoms with Crippen LogP contribution in [0.3, 0.4) is 0 Å². The van der Waals surface area contributed by atoms with Gasteiger partial charge < -0.3 is 19.6 Å². The molecule has 2 rings (SSSR count). The highest BCUT2D eigenvalue weighted by molar-refractivity contribution is 6.30. The van der Waals surface area contributed by atoms with E-state index >= 15 is 0 Å². The van der Waals surface area contributed by atoms with Gasteiger partial charge >= 0.3 is 0 Å². The fraction of sp³-hybridized carbons (Fsp3) is 0.471. The van der Waals surface area contributed by atoms with E-state index in [9.17, 15) is 5.11 Å². The molecule has 24 heavy (non-hydrogen) atoms. The van der Waals surface area contributed by atoms with Crippen molar-refractivity contribution in [2.75, 3.05) is 20.3 Å². The van der Waals surface area contributed by atoms with Crippen molar-refractivity contribution in [3.63, 3.8) is 0 Å². The van der Waals surface area contributed by atoms with Gasteiger partial charge in [0.2, 0.25) is 0 Å². The van der Waals surface area contributed by atoms with Gasteiger partial charge in [-0.25, -0.2) is 4.98 Å². The van der Waals surface area contributed by atoms with Gasteiger partial charge in [-0.15, -0.1) is 0 Å². The second-order valence-corrected chi connectivity index (χ2v) is 6.17. The van der Waals surface area contributed by atoms with Crippen molar-refractivity contribution < 1.29 is 14.6 Å². The van der Waals surface area contributed by atoms with Crippen LogP contribution in [0.25, 0.3) is 0 Å². The maximum absolute atomic E-state index is 9.36. The number of H-pyrrole nitrogens is 1. The van der Waals surface area contributed by atoms with Gasteiger partial charge in [-0.3, -0.25) is 4.90 Å². The Kier molecular flexibility index (Phi) is 6.90. The quantitative estimate of drug-likeness (QED) is 0.725. The van der Waals surface area contributed by atoms with E-state index in [0.717, 1.165) is 11.4 Å². The summed E-state index contributed by atoms with van der Waals surface area (Å²) in [5, 5.41) is 9.94. The highest BCUT2D eigenvalue weighted by Crippen LogP contribution is 2.36. The van der Waals surface area contributed by atoms with Crippen LogP contribution in [0.1, 0.15) is 25.2 Å². The first kappa shape index (κ1) is 18.6. The Labute approximate surface area is 147 Å². The lowest BCUT2D eigenvalue weighted by molar-refractivity contribution is 0.175. The smallest absolute Gasteiger partial charge is 0.166 e. The van der Waals surface area contributed by atoms with Gasteiger partial charge in [-0.2, -0.15) is 0 Å². The molecule has 0 saturated heterocycles. The molecule has 132 valence electrons. The number of aromatic nitrogens is 2. The molecule has 2 N–H and O–H groups in total. The highest BCUT2D eigenvalue weighted by atomic mass is 35.5. The lowest BCUT2D eigenvalue weighted by Crippen LogP contribution is -2.27. The normalized spacial score (nSPS) is 11.3. The molecule has 1 aromatic heterocycles. The van der Waals surface area contributed by atoms with Crippen LogP contribution >= 0.6 is 11.6 Å². The number of hydrogen-bond donors (Lipinski definition) is 2. The Balaban J connectivity index is 2.28. The van der Waals surface area contributed by atoms with E-state index in [1.54, 1.807) is 25.6 Å². The van der Waals surface area contributed by atoms with Crippen molar-refractivity contribution in [3.8, 4) is 11.5 Å². The fourth-order valence-electron chi connectivity index (χ4n) is 2.45. The molecule has 0 aliphatic rings. The summed E-state index contributed by atoms with van der Waals surface area (Å²) in [6.07, 6.45) is 3.50. The number of aliphatic hydroxyl groups is 1. The summed E-state index contributed by atoms with van der Waals surface area (Å²) in [4.78, 5) is 9.38. The van der Waals surface area contributed by atoms with E-state index < -0.39 is 0 Å². The second kappa shape index (κ2) is 8.92. The molecule has 0 aliphatic carbocycles. The number of imidazole rings is 1. The predicted octanol–water partition coefficient (Wildman–Crippen LogP) is 2.85. The van der Waals surface area contributed by atoms with Crippen molar-refractivity contribution >= 4 is 11.6 Å². The van der Waals surface area contributed by atoms with Crippen LogP contribution in [0.2, 0.25) is 5.02 Å². The van der Waals surface area contributed by atoms with E-state index in [-0.39, 0.29) is 12.7 Å². The maximum atomic E-state index is 9.36. The first-order chi connectivity index (χ1) is 11.5. The van der Waals surface area contributed by atoms with Crippen LogP contribution < -0.4 is 9.47 Å². The molecule has 2 aromatic rings. The summed E-state index contributed by atoms with van der Waals surface area (Å²) >= 11 is 6.22. The Morgan fingerprint density at radius 2 is 2.12 bits per heavy atom. The van der Waals surface area contributed by atoms with Crippen molar-refractivity contribution in [2.24, 2.45) is 0 Å². The molecule has 0 amide bonds. The van der Waals surface area contributed by atoms with Gasteiger partial charge in [0.1, 0.15) is 5.82 Å². The molecule has 0 atom stereocenters. The van der Waals surface area contributed by atoms with E-state index in [2.05, 4.69) is 14.9 Å². The topological polar surface area (TPSA) is 70.6 Å². The summed E-state index contributed by atoms with van der Waals surface area (Å²) in [5.74, 6) is 2.12. The molecule has 0 radical (unpaired) electrons. The third kappa shape index (κ3) is 5.12. The van der Waals surface area contributed by atoms with Crippen molar-refractivity contribution in [3.05, 3.63) is 40.9 Å². The molecular weight excluding hydrogens is 330 g/mol. The molecule has 6 nitrogen and oxygen atoms in total. The predicted molar refractivity (Wildman–Crippen MR) is 93.6 cm³/mol. The number of halogens is 1. The van der Waals surface area contributed by atoms with E-state index in [0.29, 0.717) is 36.2 Å². The Bertz CT molecular complexity index is 632. The standard InChI is InChI=1S/C17H24ClN3O3/c1-12(2)24-17-13(8-14(18)9-15(17)23-3)10-21(6-7-22)11-16-19-4-5-20-16/h4-5,8-9,12,22H,6-7,10-11H2,1-3H3,(H,19,20). The summed E-state index contributed by atoms with van der Waals surface area (Å²) in [7, 11) is 1.59. The zero-order chi connectivity index (χ0) is 17.5. The number of hydrogen-bond acceptors (Lipinski definition) is 5. The minimum Gasteiger partial charge on any atom is -0.493 e. The number of nitrogens with one attached hydrogen (secondary N) is 1. The second-order valence-electron chi connectivity index (χ2n) is 5.73. The average Bonchev–Trinajstić information content (AvgIpc) is 3.02. The van der Waals surface area contributed by atoms with Crippen LogP contribution in [0, 0.1) is 0 Å². The lowest BCUT2D eigenvalue weighted by atomic mass is 10.1. The minimum absolute atomic E-state index is 0.00944. The first-order valence-corrected chi connectivity index (χ1v) is 8.25. The van der Waals surface area contributed by atoms with Gasteiger partial charge in [-0.05, 0) is 19.9 Å². The molecular formula is C17H24ClN3O3. The number of nitrogens with zero attached hydrogens (tertiary/aromatic N) is 2. The Morgan fingerprint density at radius 1 is 1.33 bits per heavy atom. The Hall–Kier alpha value is -1.76. The number of rotatable bonds is 9. The SMILES string of the molecule is COc1cc(Cl)cc(CN(CCO)Cc2ncc[nH]2)c1OC(C)C. The molecule has 0 saturated carbocycles. The van der Waals surface area contributed by atoms with Crippen LogP contribution in [-0.2, 0) is 13.1 Å². The average molecular weight is 354 g/mol. The minimum atomic E-state index is 0.00944. The Morgan fingerprint density at radius 3 is 2.71 bits per heavy atom. The largest absolute Gasteiger partial charge is 0.493 e. The highest BCUT2D eigenvalue weighted by Gasteiger charge is 2.17. The third-order valence-electron chi connectivity index (χ3n) is 3.41. The summed E-state index contributed by atoms with van der Waals surface area (Å²) < 4.78 is 11.4. The monoisotopic (exact) mass is 353 g/mol.